The Labute approximate surface area is 133 Å². The summed E-state index contributed by atoms with van der Waals surface area (Å²) in [4.78, 5) is 13.9. The zero-order valence-corrected chi connectivity index (χ0v) is 12.8. The molecule has 21 heavy (non-hydrogen) atoms. The molecule has 0 saturated carbocycles. The summed E-state index contributed by atoms with van der Waals surface area (Å²) in [5.74, 6) is 1.17. The lowest BCUT2D eigenvalue weighted by atomic mass is 10.2. The number of hydrogen-bond donors (Lipinski definition) is 2. The molecule has 0 amide bonds. The fourth-order valence-corrected chi connectivity index (χ4v) is 3.31. The Bertz CT molecular complexity index is 876. The van der Waals surface area contributed by atoms with Crippen LogP contribution >= 0.6 is 35.0 Å². The van der Waals surface area contributed by atoms with E-state index < -0.39 is 0 Å². The Balaban J connectivity index is 1.90. The lowest BCUT2D eigenvalue weighted by Gasteiger charge is -2.05. The lowest BCUT2D eigenvalue weighted by Crippen LogP contribution is -2.11. The van der Waals surface area contributed by atoms with E-state index in [1.807, 2.05) is 6.07 Å². The van der Waals surface area contributed by atoms with Gasteiger partial charge in [0.25, 0.3) is 5.56 Å². The van der Waals surface area contributed by atoms with Gasteiger partial charge in [-0.05, 0) is 17.7 Å². The number of H-pyrrole nitrogens is 1. The van der Waals surface area contributed by atoms with Crippen LogP contribution in [0.25, 0.3) is 5.78 Å². The second-order valence-corrected chi connectivity index (χ2v) is 6.01. The van der Waals surface area contributed by atoms with Crippen LogP contribution in [0.5, 0.6) is 0 Å². The summed E-state index contributed by atoms with van der Waals surface area (Å²) in [5, 5.41) is 9.66. The van der Waals surface area contributed by atoms with E-state index in [0.717, 1.165) is 5.56 Å². The molecule has 0 spiro atoms. The SMILES string of the molecule is Nc1cc(=O)[nH]c2nnc(SCc3ccc(Cl)cc3Cl)n12. The number of thioether (sulfide) groups is 1. The molecule has 0 fully saturated rings. The molecule has 0 unspecified atom stereocenters. The van der Waals surface area contributed by atoms with Crippen LogP contribution in [0.3, 0.4) is 0 Å². The van der Waals surface area contributed by atoms with Crippen molar-refractivity contribution in [3.63, 3.8) is 0 Å². The highest BCUT2D eigenvalue weighted by molar-refractivity contribution is 7.98. The normalized spacial score (nSPS) is 11.1. The maximum absolute atomic E-state index is 11.3. The quantitative estimate of drug-likeness (QED) is 0.714. The number of nitrogens with one attached hydrogen (secondary N) is 1. The van der Waals surface area contributed by atoms with Gasteiger partial charge in [-0.15, -0.1) is 10.2 Å². The highest BCUT2D eigenvalue weighted by Crippen LogP contribution is 2.28. The topological polar surface area (TPSA) is 89.1 Å². The van der Waals surface area contributed by atoms with E-state index >= 15 is 0 Å². The Hall–Kier alpha value is -1.70. The second kappa shape index (κ2) is 5.59. The third kappa shape index (κ3) is 2.85. The molecule has 0 aliphatic carbocycles. The number of nitrogen functional groups attached to an aromatic ring is 1. The van der Waals surface area contributed by atoms with Gasteiger partial charge in [-0.3, -0.25) is 9.78 Å². The monoisotopic (exact) mass is 341 g/mol. The van der Waals surface area contributed by atoms with E-state index in [1.54, 1.807) is 16.5 Å². The molecule has 0 radical (unpaired) electrons. The zero-order valence-electron chi connectivity index (χ0n) is 10.5. The van der Waals surface area contributed by atoms with E-state index in [4.69, 9.17) is 28.9 Å². The standard InChI is InChI=1S/C12H9Cl2N5OS/c13-7-2-1-6(8(14)3-7)5-21-12-18-17-11-16-10(20)4-9(15)19(11)12/h1-4H,5,15H2,(H,16,17,20). The van der Waals surface area contributed by atoms with Crippen LogP contribution in [0, 0.1) is 0 Å². The minimum atomic E-state index is -0.315. The maximum atomic E-state index is 11.3. The summed E-state index contributed by atoms with van der Waals surface area (Å²) in [6.07, 6.45) is 0. The van der Waals surface area contributed by atoms with Gasteiger partial charge >= 0.3 is 0 Å². The van der Waals surface area contributed by atoms with Crippen molar-refractivity contribution in [2.45, 2.75) is 10.9 Å². The summed E-state index contributed by atoms with van der Waals surface area (Å²) in [6.45, 7) is 0. The molecule has 2 aromatic heterocycles. The number of benzene rings is 1. The van der Waals surface area contributed by atoms with Gasteiger partial charge in [-0.25, -0.2) is 4.40 Å². The van der Waals surface area contributed by atoms with Crippen LogP contribution in [0.2, 0.25) is 10.0 Å². The number of fused-ring (bicyclic) bond motifs is 1. The summed E-state index contributed by atoms with van der Waals surface area (Å²) in [7, 11) is 0. The van der Waals surface area contributed by atoms with E-state index in [-0.39, 0.29) is 11.4 Å². The molecule has 0 aliphatic heterocycles. The average molecular weight is 342 g/mol. The smallest absolute Gasteiger partial charge is 0.254 e. The summed E-state index contributed by atoms with van der Waals surface area (Å²) in [6, 6.07) is 6.60. The van der Waals surface area contributed by atoms with Crippen molar-refractivity contribution >= 4 is 46.6 Å². The molecular weight excluding hydrogens is 333 g/mol. The molecule has 3 N–H and O–H groups in total. The van der Waals surface area contributed by atoms with Crippen LogP contribution in [-0.2, 0) is 5.75 Å². The molecule has 0 saturated heterocycles. The van der Waals surface area contributed by atoms with Gasteiger partial charge in [0.2, 0.25) is 5.78 Å². The Morgan fingerprint density at radius 2 is 2.10 bits per heavy atom. The van der Waals surface area contributed by atoms with Crippen molar-refractivity contribution in [3.8, 4) is 0 Å². The molecule has 0 aliphatic rings. The molecule has 108 valence electrons. The summed E-state index contributed by atoms with van der Waals surface area (Å²) >= 11 is 13.4. The van der Waals surface area contributed by atoms with E-state index in [9.17, 15) is 4.79 Å². The molecule has 0 atom stereocenters. The highest BCUT2D eigenvalue weighted by atomic mass is 35.5. The van der Waals surface area contributed by atoms with Gasteiger partial charge in [0.1, 0.15) is 5.82 Å². The van der Waals surface area contributed by atoms with Crippen molar-refractivity contribution in [2.75, 3.05) is 5.73 Å². The Kier molecular flexibility index (Phi) is 3.79. The first-order chi connectivity index (χ1) is 10.0. The number of nitrogens with zero attached hydrogens (tertiary/aromatic N) is 3. The molecule has 0 bridgehead atoms. The largest absolute Gasteiger partial charge is 0.385 e. The van der Waals surface area contributed by atoms with Crippen molar-refractivity contribution in [3.05, 3.63) is 50.2 Å². The van der Waals surface area contributed by atoms with E-state index in [1.165, 1.54) is 17.8 Å². The van der Waals surface area contributed by atoms with Crippen LogP contribution in [0.4, 0.5) is 5.82 Å². The van der Waals surface area contributed by atoms with Crippen LogP contribution in [0.1, 0.15) is 5.56 Å². The van der Waals surface area contributed by atoms with Gasteiger partial charge in [-0.1, -0.05) is 41.0 Å². The second-order valence-electron chi connectivity index (χ2n) is 4.22. The predicted molar refractivity (Wildman–Crippen MR) is 84.0 cm³/mol. The molecule has 2 heterocycles. The van der Waals surface area contributed by atoms with Crippen molar-refractivity contribution < 1.29 is 0 Å². The van der Waals surface area contributed by atoms with Gasteiger partial charge in [0.05, 0.1) is 0 Å². The maximum Gasteiger partial charge on any atom is 0.254 e. The Morgan fingerprint density at radius 3 is 2.86 bits per heavy atom. The van der Waals surface area contributed by atoms with Gasteiger partial charge in [0.15, 0.2) is 5.16 Å². The average Bonchev–Trinajstić information content (AvgIpc) is 2.81. The third-order valence-electron chi connectivity index (χ3n) is 2.78. The van der Waals surface area contributed by atoms with E-state index in [0.29, 0.717) is 26.7 Å². The van der Waals surface area contributed by atoms with Crippen LogP contribution in [0.15, 0.2) is 34.2 Å². The number of hydrogen-bond acceptors (Lipinski definition) is 5. The number of aromatic amines is 1. The molecule has 1 aromatic carbocycles. The predicted octanol–water partition coefficient (Wildman–Crippen LogP) is 2.60. The number of anilines is 1. The van der Waals surface area contributed by atoms with Crippen molar-refractivity contribution in [2.24, 2.45) is 0 Å². The van der Waals surface area contributed by atoms with Gasteiger partial charge < -0.3 is 5.73 Å². The zero-order chi connectivity index (χ0) is 15.0. The van der Waals surface area contributed by atoms with Crippen molar-refractivity contribution in [1.82, 2.24) is 19.6 Å². The highest BCUT2D eigenvalue weighted by Gasteiger charge is 2.11. The fraction of sp³-hybridized carbons (Fsp3) is 0.0833. The fourth-order valence-electron chi connectivity index (χ4n) is 1.80. The molecule has 6 nitrogen and oxygen atoms in total. The molecular formula is C12H9Cl2N5OS. The number of nitrogens with two attached hydrogens (primary N) is 1. The first kappa shape index (κ1) is 14.2. The van der Waals surface area contributed by atoms with Crippen LogP contribution < -0.4 is 11.3 Å². The molecule has 3 rings (SSSR count). The van der Waals surface area contributed by atoms with Gasteiger partial charge in [-0.2, -0.15) is 0 Å². The first-order valence-electron chi connectivity index (χ1n) is 5.85. The third-order valence-corrected chi connectivity index (χ3v) is 4.34. The number of rotatable bonds is 3. The molecule has 9 heteroatoms. The van der Waals surface area contributed by atoms with Crippen LogP contribution in [-0.4, -0.2) is 19.6 Å². The minimum Gasteiger partial charge on any atom is -0.385 e. The summed E-state index contributed by atoms with van der Waals surface area (Å²) < 4.78 is 1.58. The number of aromatic nitrogens is 4. The molecule has 3 aromatic rings. The van der Waals surface area contributed by atoms with E-state index in [2.05, 4.69) is 15.2 Å². The minimum absolute atomic E-state index is 0.281. The van der Waals surface area contributed by atoms with Gasteiger partial charge in [0, 0.05) is 21.9 Å². The van der Waals surface area contributed by atoms with Crippen molar-refractivity contribution in [1.29, 1.82) is 0 Å². The first-order valence-corrected chi connectivity index (χ1v) is 7.59. The Morgan fingerprint density at radius 1 is 1.29 bits per heavy atom. The number of halogens is 2. The summed E-state index contributed by atoms with van der Waals surface area (Å²) in [5.41, 5.74) is 6.43. The lowest BCUT2D eigenvalue weighted by molar-refractivity contribution is 0.923.